The summed E-state index contributed by atoms with van der Waals surface area (Å²) in [4.78, 5) is 29.9. The minimum atomic E-state index is -1.17. The lowest BCUT2D eigenvalue weighted by molar-refractivity contribution is -0.124. The van der Waals surface area contributed by atoms with Crippen LogP contribution < -0.4 is 19.3 Å². The van der Waals surface area contributed by atoms with Crippen molar-refractivity contribution in [3.8, 4) is 11.5 Å². The standard InChI is InChI=1S/C25H26N2O4S/c1-6-31-18-11-19-15(2)13-24(3,4)27-22(19)20(12-18)25(23(27)29)26(21(28)14-32-25)16-7-9-17(30-5)10-8-16/h7-13H,6,14H2,1-5H3/t25-/m1/s1. The summed E-state index contributed by atoms with van der Waals surface area (Å²) in [5.41, 5.74) is 3.92. The van der Waals surface area contributed by atoms with Crippen LogP contribution in [0.1, 0.15) is 38.8 Å². The van der Waals surface area contributed by atoms with E-state index in [1.807, 2.05) is 62.1 Å². The lowest BCUT2D eigenvalue weighted by atomic mass is 9.89. The van der Waals surface area contributed by atoms with Gasteiger partial charge >= 0.3 is 0 Å². The summed E-state index contributed by atoms with van der Waals surface area (Å²) in [6.07, 6.45) is 2.12. The zero-order chi connectivity index (χ0) is 22.8. The highest BCUT2D eigenvalue weighted by Gasteiger charge is 2.64. The van der Waals surface area contributed by atoms with Gasteiger partial charge in [0, 0.05) is 16.8 Å². The average Bonchev–Trinajstić information content (AvgIpc) is 3.23. The van der Waals surface area contributed by atoms with Crippen molar-refractivity contribution in [2.75, 3.05) is 29.3 Å². The molecule has 1 fully saturated rings. The number of nitrogens with zero attached hydrogens (tertiary/aromatic N) is 2. The Morgan fingerprint density at radius 3 is 2.44 bits per heavy atom. The molecule has 6 nitrogen and oxygen atoms in total. The van der Waals surface area contributed by atoms with Crippen LogP contribution in [-0.4, -0.2) is 36.8 Å². The molecule has 5 rings (SSSR count). The van der Waals surface area contributed by atoms with Gasteiger partial charge in [-0.3, -0.25) is 19.4 Å². The zero-order valence-corrected chi connectivity index (χ0v) is 19.7. The summed E-state index contributed by atoms with van der Waals surface area (Å²) in [5.74, 6) is 1.44. The maximum Gasteiger partial charge on any atom is 0.269 e. The first-order valence-electron chi connectivity index (χ1n) is 10.7. The number of fused-ring (bicyclic) bond motifs is 1. The van der Waals surface area contributed by atoms with Crippen molar-refractivity contribution >= 4 is 40.5 Å². The first-order valence-corrected chi connectivity index (χ1v) is 11.7. The van der Waals surface area contributed by atoms with E-state index in [2.05, 4.69) is 13.0 Å². The average molecular weight is 451 g/mol. The van der Waals surface area contributed by atoms with Crippen LogP contribution in [0.3, 0.4) is 0 Å². The second-order valence-corrected chi connectivity index (χ2v) is 9.95. The SMILES string of the molecule is CCOc1cc2c3c(c1)[C@@]1(SCC(=O)N1c1ccc(OC)cc1)C(=O)N3C(C)(C)C=C2C. The molecule has 3 aliphatic heterocycles. The second-order valence-electron chi connectivity index (χ2n) is 8.78. The Bertz CT molecular complexity index is 1170. The summed E-state index contributed by atoms with van der Waals surface area (Å²) in [5, 5.41) is 0. The minimum Gasteiger partial charge on any atom is -0.497 e. The zero-order valence-electron chi connectivity index (χ0n) is 18.9. The molecule has 0 unspecified atom stereocenters. The molecular weight excluding hydrogens is 424 g/mol. The van der Waals surface area contributed by atoms with Gasteiger partial charge in [0.15, 0.2) is 0 Å². The van der Waals surface area contributed by atoms with Crippen molar-refractivity contribution in [1.29, 1.82) is 0 Å². The molecule has 166 valence electrons. The fourth-order valence-electron chi connectivity index (χ4n) is 5.13. The van der Waals surface area contributed by atoms with Gasteiger partial charge in [-0.2, -0.15) is 0 Å². The fourth-order valence-corrected chi connectivity index (χ4v) is 6.46. The van der Waals surface area contributed by atoms with Crippen molar-refractivity contribution in [1.82, 2.24) is 0 Å². The second kappa shape index (κ2) is 7.04. The van der Waals surface area contributed by atoms with Crippen LogP contribution in [0, 0.1) is 0 Å². The Labute approximate surface area is 192 Å². The highest BCUT2D eigenvalue weighted by Crippen LogP contribution is 2.60. The number of carbonyl (C=O) groups is 2. The minimum absolute atomic E-state index is 0.0913. The molecule has 2 aromatic carbocycles. The highest BCUT2D eigenvalue weighted by atomic mass is 32.2. The van der Waals surface area contributed by atoms with E-state index in [0.29, 0.717) is 23.8 Å². The highest BCUT2D eigenvalue weighted by molar-refractivity contribution is 8.02. The number of hydrogen-bond acceptors (Lipinski definition) is 5. The molecule has 3 heterocycles. The number of anilines is 2. The molecule has 2 aromatic rings. The molecule has 1 atom stereocenters. The van der Waals surface area contributed by atoms with E-state index < -0.39 is 10.4 Å². The molecule has 0 bridgehead atoms. The van der Waals surface area contributed by atoms with E-state index in [1.54, 1.807) is 12.0 Å². The van der Waals surface area contributed by atoms with Gasteiger partial charge in [-0.25, -0.2) is 0 Å². The Kier molecular flexibility index (Phi) is 4.60. The van der Waals surface area contributed by atoms with E-state index in [-0.39, 0.29) is 17.6 Å². The van der Waals surface area contributed by atoms with Gasteiger partial charge in [0.2, 0.25) is 10.8 Å². The van der Waals surface area contributed by atoms with Crippen molar-refractivity contribution in [2.45, 2.75) is 38.1 Å². The predicted molar refractivity (Wildman–Crippen MR) is 127 cm³/mol. The molecule has 32 heavy (non-hydrogen) atoms. The third kappa shape index (κ3) is 2.67. The van der Waals surface area contributed by atoms with Crippen LogP contribution in [-0.2, 0) is 14.5 Å². The van der Waals surface area contributed by atoms with E-state index in [9.17, 15) is 9.59 Å². The van der Waals surface area contributed by atoms with Gasteiger partial charge in [0.05, 0.1) is 30.7 Å². The van der Waals surface area contributed by atoms with Crippen LogP contribution in [0.4, 0.5) is 11.4 Å². The van der Waals surface area contributed by atoms with Gasteiger partial charge in [0.25, 0.3) is 5.91 Å². The number of amides is 2. The number of hydrogen-bond donors (Lipinski definition) is 0. The summed E-state index contributed by atoms with van der Waals surface area (Å²) < 4.78 is 11.2. The Balaban J connectivity index is 1.78. The Morgan fingerprint density at radius 1 is 1.06 bits per heavy atom. The van der Waals surface area contributed by atoms with Crippen LogP contribution in [0.5, 0.6) is 11.5 Å². The van der Waals surface area contributed by atoms with E-state index in [1.165, 1.54) is 11.8 Å². The summed E-state index contributed by atoms with van der Waals surface area (Å²) in [6.45, 7) is 8.60. The first-order chi connectivity index (χ1) is 15.2. The number of thioether (sulfide) groups is 1. The molecule has 0 radical (unpaired) electrons. The predicted octanol–water partition coefficient (Wildman–Crippen LogP) is 4.57. The maximum absolute atomic E-state index is 14.3. The van der Waals surface area contributed by atoms with E-state index >= 15 is 0 Å². The van der Waals surface area contributed by atoms with Crippen molar-refractivity contribution in [3.05, 3.63) is 53.6 Å². The summed E-state index contributed by atoms with van der Waals surface area (Å²) in [6, 6.07) is 11.2. The number of allylic oxidation sites excluding steroid dienone is 1. The molecular formula is C25H26N2O4S. The van der Waals surface area contributed by atoms with Crippen LogP contribution in [0.25, 0.3) is 5.57 Å². The topological polar surface area (TPSA) is 59.1 Å². The molecule has 0 N–H and O–H groups in total. The summed E-state index contributed by atoms with van der Waals surface area (Å²) >= 11 is 1.38. The van der Waals surface area contributed by atoms with Crippen LogP contribution in [0.2, 0.25) is 0 Å². The van der Waals surface area contributed by atoms with Crippen molar-refractivity contribution in [2.24, 2.45) is 0 Å². The normalized spacial score (nSPS) is 23.0. The molecule has 3 aliphatic rings. The van der Waals surface area contributed by atoms with Gasteiger partial charge in [-0.15, -0.1) is 11.8 Å². The molecule has 7 heteroatoms. The number of carbonyl (C=O) groups excluding carboxylic acids is 2. The van der Waals surface area contributed by atoms with Crippen LogP contribution in [0.15, 0.2) is 42.5 Å². The molecule has 0 aliphatic carbocycles. The van der Waals surface area contributed by atoms with E-state index in [4.69, 9.17) is 9.47 Å². The van der Waals surface area contributed by atoms with Gasteiger partial charge in [-0.1, -0.05) is 6.08 Å². The quantitative estimate of drug-likeness (QED) is 0.683. The van der Waals surface area contributed by atoms with Crippen molar-refractivity contribution in [3.63, 3.8) is 0 Å². The number of methoxy groups -OCH3 is 1. The number of rotatable bonds is 4. The molecule has 0 aromatic heterocycles. The summed E-state index contributed by atoms with van der Waals surface area (Å²) in [7, 11) is 1.60. The third-order valence-electron chi connectivity index (χ3n) is 6.35. The fraction of sp³-hybridized carbons (Fsp3) is 0.360. The molecule has 0 saturated carbocycles. The largest absolute Gasteiger partial charge is 0.497 e. The van der Waals surface area contributed by atoms with E-state index in [0.717, 1.165) is 22.4 Å². The third-order valence-corrected chi connectivity index (χ3v) is 7.73. The lowest BCUT2D eigenvalue weighted by Gasteiger charge is -2.40. The molecule has 2 amide bonds. The van der Waals surface area contributed by atoms with Gasteiger partial charge in [-0.05, 0) is 69.7 Å². The monoisotopic (exact) mass is 450 g/mol. The number of benzene rings is 2. The molecule has 1 spiro atoms. The van der Waals surface area contributed by atoms with Gasteiger partial charge < -0.3 is 9.47 Å². The van der Waals surface area contributed by atoms with Gasteiger partial charge in [0.1, 0.15) is 11.5 Å². The van der Waals surface area contributed by atoms with Crippen LogP contribution >= 0.6 is 11.8 Å². The number of ether oxygens (including phenoxy) is 2. The van der Waals surface area contributed by atoms with Crippen molar-refractivity contribution < 1.29 is 19.1 Å². The smallest absolute Gasteiger partial charge is 0.269 e. The molecule has 1 saturated heterocycles. The first kappa shape index (κ1) is 20.9. The maximum atomic E-state index is 14.3. The Hall–Kier alpha value is -2.93. The Morgan fingerprint density at radius 2 is 1.78 bits per heavy atom. The lowest BCUT2D eigenvalue weighted by Crippen LogP contribution is -2.54.